The lowest BCUT2D eigenvalue weighted by molar-refractivity contribution is 0.483. The lowest BCUT2D eigenvalue weighted by Crippen LogP contribution is -2.33. The molecule has 3 heterocycles. The zero-order valence-corrected chi connectivity index (χ0v) is 31.4. The Morgan fingerprint density at radius 2 is 1.16 bits per heavy atom. The van der Waals surface area contributed by atoms with E-state index in [4.69, 9.17) is 9.72 Å². The maximum atomic E-state index is 6.68. The summed E-state index contributed by atoms with van der Waals surface area (Å²) in [6.07, 6.45) is 1.94. The number of hydrogen-bond donors (Lipinski definition) is 0. The molecular weight excluding hydrogens is 685 g/mol. The highest BCUT2D eigenvalue weighted by Gasteiger charge is 2.28. The van der Waals surface area contributed by atoms with E-state index >= 15 is 0 Å². The molecule has 2 aromatic heterocycles. The van der Waals surface area contributed by atoms with Crippen LogP contribution in [-0.2, 0) is 0 Å². The number of pyridine rings is 1. The molecule has 0 bridgehead atoms. The Kier molecular flexibility index (Phi) is 8.33. The largest absolute Gasteiger partial charge is 0.457 e. The molecule has 1 aliphatic rings. The number of anilines is 3. The van der Waals surface area contributed by atoms with Crippen LogP contribution in [0.15, 0.2) is 188 Å². The molecule has 10 rings (SSSR count). The van der Waals surface area contributed by atoms with Crippen molar-refractivity contribution in [2.45, 2.75) is 19.9 Å². The van der Waals surface area contributed by atoms with E-state index in [2.05, 4.69) is 204 Å². The van der Waals surface area contributed by atoms with E-state index in [1.165, 1.54) is 44.6 Å². The molecule has 1 aliphatic heterocycles. The normalized spacial score (nSPS) is 12.5. The minimum absolute atomic E-state index is 0.388. The molecule has 0 amide bonds. The predicted molar refractivity (Wildman–Crippen MR) is 232 cm³/mol. The van der Waals surface area contributed by atoms with Crippen LogP contribution in [0.2, 0.25) is 0 Å². The summed E-state index contributed by atoms with van der Waals surface area (Å²) in [5.74, 6) is 2.40. The molecule has 5 nitrogen and oxygen atoms in total. The number of para-hydroxylation sites is 3. The monoisotopic (exact) mass is 724 g/mol. The molecule has 0 saturated carbocycles. The summed E-state index contributed by atoms with van der Waals surface area (Å²) in [5, 5.41) is 2.31. The van der Waals surface area contributed by atoms with Gasteiger partial charge >= 0.3 is 0 Å². The van der Waals surface area contributed by atoms with Gasteiger partial charge in [-0.15, -0.1) is 0 Å². The number of hydrogen-bond acceptors (Lipinski definition) is 4. The van der Waals surface area contributed by atoms with Crippen molar-refractivity contribution in [3.8, 4) is 50.7 Å². The first-order chi connectivity index (χ1) is 27.6. The average molecular weight is 725 g/mol. The minimum atomic E-state index is 0.388. The molecule has 9 aromatic rings. The SMILES string of the molecule is CC(C)N1CN(c2cccc(Oc3ccc4c5ccccc5n(-c5cc(-c6c(-c7ccccc7)cccc6-c6ccccc6)ccn5)c4c3)c2)c2ccccc21. The molecule has 0 saturated heterocycles. The third-order valence-corrected chi connectivity index (χ3v) is 10.9. The van der Waals surface area contributed by atoms with E-state index in [0.29, 0.717) is 6.04 Å². The summed E-state index contributed by atoms with van der Waals surface area (Å²) in [6, 6.07) is 64.6. The number of benzene rings is 7. The Hall–Kier alpha value is -7.11. The van der Waals surface area contributed by atoms with Crippen LogP contribution in [0.25, 0.3) is 61.0 Å². The quantitative estimate of drug-likeness (QED) is 0.156. The molecule has 270 valence electrons. The van der Waals surface area contributed by atoms with Gasteiger partial charge < -0.3 is 14.5 Å². The van der Waals surface area contributed by atoms with Gasteiger partial charge in [-0.2, -0.15) is 0 Å². The first-order valence-electron chi connectivity index (χ1n) is 19.3. The van der Waals surface area contributed by atoms with E-state index in [-0.39, 0.29) is 0 Å². The second-order valence-corrected chi connectivity index (χ2v) is 14.6. The number of fused-ring (bicyclic) bond motifs is 4. The summed E-state index contributed by atoms with van der Waals surface area (Å²) < 4.78 is 8.95. The molecule has 0 N–H and O–H groups in total. The second-order valence-electron chi connectivity index (χ2n) is 14.6. The number of aromatic nitrogens is 2. The predicted octanol–water partition coefficient (Wildman–Crippen LogP) is 13.3. The van der Waals surface area contributed by atoms with E-state index in [1.54, 1.807) is 0 Å². The van der Waals surface area contributed by atoms with Gasteiger partial charge in [-0.3, -0.25) is 4.57 Å². The molecule has 56 heavy (non-hydrogen) atoms. The van der Waals surface area contributed by atoms with E-state index in [0.717, 1.165) is 51.7 Å². The summed E-state index contributed by atoms with van der Waals surface area (Å²) in [6.45, 7) is 5.28. The lowest BCUT2D eigenvalue weighted by atomic mass is 9.88. The highest BCUT2D eigenvalue weighted by Crippen LogP contribution is 2.44. The van der Waals surface area contributed by atoms with Gasteiger partial charge in [0.25, 0.3) is 0 Å². The van der Waals surface area contributed by atoms with Gasteiger partial charge in [0.05, 0.1) is 29.1 Å². The van der Waals surface area contributed by atoms with Gasteiger partial charge in [-0.1, -0.05) is 115 Å². The molecule has 0 unspecified atom stereocenters. The zero-order chi connectivity index (χ0) is 37.6. The van der Waals surface area contributed by atoms with Crippen LogP contribution in [0.5, 0.6) is 11.5 Å². The van der Waals surface area contributed by atoms with Crippen LogP contribution in [0, 0.1) is 0 Å². The summed E-state index contributed by atoms with van der Waals surface area (Å²) in [5.41, 5.74) is 12.7. The summed E-state index contributed by atoms with van der Waals surface area (Å²) >= 11 is 0. The van der Waals surface area contributed by atoms with Crippen molar-refractivity contribution in [2.75, 3.05) is 16.5 Å². The van der Waals surface area contributed by atoms with Crippen LogP contribution in [0.4, 0.5) is 17.1 Å². The second kappa shape index (κ2) is 13.9. The molecule has 5 heteroatoms. The van der Waals surface area contributed by atoms with Crippen LogP contribution < -0.4 is 14.5 Å². The van der Waals surface area contributed by atoms with Crippen molar-refractivity contribution in [2.24, 2.45) is 0 Å². The summed E-state index contributed by atoms with van der Waals surface area (Å²) in [4.78, 5) is 9.83. The Morgan fingerprint density at radius 1 is 0.518 bits per heavy atom. The van der Waals surface area contributed by atoms with Gasteiger partial charge in [0.15, 0.2) is 0 Å². The Morgan fingerprint density at radius 3 is 1.91 bits per heavy atom. The molecular formula is C51H40N4O. The molecule has 0 fully saturated rings. The van der Waals surface area contributed by atoms with E-state index in [1.807, 2.05) is 12.3 Å². The fourth-order valence-electron chi connectivity index (χ4n) is 8.29. The van der Waals surface area contributed by atoms with Gasteiger partial charge in [0.1, 0.15) is 17.3 Å². The molecule has 0 atom stereocenters. The van der Waals surface area contributed by atoms with Crippen LogP contribution in [0.1, 0.15) is 13.8 Å². The fourth-order valence-corrected chi connectivity index (χ4v) is 8.29. The van der Waals surface area contributed by atoms with E-state index in [9.17, 15) is 0 Å². The van der Waals surface area contributed by atoms with Crippen molar-refractivity contribution < 1.29 is 4.74 Å². The zero-order valence-electron chi connectivity index (χ0n) is 31.4. The fraction of sp³-hybridized carbons (Fsp3) is 0.0784. The van der Waals surface area contributed by atoms with Gasteiger partial charge in [0, 0.05) is 40.8 Å². The van der Waals surface area contributed by atoms with Crippen LogP contribution in [0.3, 0.4) is 0 Å². The first kappa shape index (κ1) is 33.5. The average Bonchev–Trinajstić information content (AvgIpc) is 3.81. The van der Waals surface area contributed by atoms with Crippen molar-refractivity contribution in [1.82, 2.24) is 9.55 Å². The number of nitrogens with zero attached hydrogens (tertiary/aromatic N) is 4. The highest BCUT2D eigenvalue weighted by molar-refractivity contribution is 6.09. The standard InChI is InChI=1S/C51H40N4O/c1-35(2)53-34-54(48-26-12-11-25-47(48)53)39-19-13-20-40(32-39)56-41-27-28-45-44-21-9-10-24-46(44)55(49(45)33-41)50-31-38(29-30-52-50)51-42(36-15-5-3-6-16-36)22-14-23-43(51)37-17-7-4-8-18-37/h3-33,35H,34H2,1-2H3. The highest BCUT2D eigenvalue weighted by atomic mass is 16.5. The van der Waals surface area contributed by atoms with Crippen molar-refractivity contribution in [1.29, 1.82) is 0 Å². The van der Waals surface area contributed by atoms with Gasteiger partial charge in [0.2, 0.25) is 0 Å². The third-order valence-electron chi connectivity index (χ3n) is 10.9. The Bertz CT molecular complexity index is 2800. The van der Waals surface area contributed by atoms with Gasteiger partial charge in [-0.25, -0.2) is 4.98 Å². The molecule has 0 radical (unpaired) electrons. The Balaban J connectivity index is 1.07. The molecule has 7 aromatic carbocycles. The van der Waals surface area contributed by atoms with Crippen LogP contribution in [-0.4, -0.2) is 22.3 Å². The Labute approximate surface area is 327 Å². The maximum Gasteiger partial charge on any atom is 0.138 e. The van der Waals surface area contributed by atoms with Crippen molar-refractivity contribution in [3.63, 3.8) is 0 Å². The minimum Gasteiger partial charge on any atom is -0.457 e. The number of rotatable bonds is 8. The van der Waals surface area contributed by atoms with E-state index < -0.39 is 0 Å². The number of ether oxygens (including phenoxy) is 1. The maximum absolute atomic E-state index is 6.68. The first-order valence-corrected chi connectivity index (χ1v) is 19.3. The lowest BCUT2D eigenvalue weighted by Gasteiger charge is -2.25. The third kappa shape index (κ3) is 5.85. The van der Waals surface area contributed by atoms with Crippen LogP contribution >= 0.6 is 0 Å². The summed E-state index contributed by atoms with van der Waals surface area (Å²) in [7, 11) is 0. The topological polar surface area (TPSA) is 33.5 Å². The molecule has 0 spiro atoms. The van der Waals surface area contributed by atoms with Crippen molar-refractivity contribution in [3.05, 3.63) is 188 Å². The molecule has 0 aliphatic carbocycles. The van der Waals surface area contributed by atoms with Gasteiger partial charge in [-0.05, 0) is 102 Å². The van der Waals surface area contributed by atoms with Crippen molar-refractivity contribution >= 4 is 38.9 Å². The smallest absolute Gasteiger partial charge is 0.138 e.